The molecule has 1 unspecified atom stereocenters. The van der Waals surface area contributed by atoms with Gasteiger partial charge in [0.05, 0.1) is 6.10 Å². The van der Waals surface area contributed by atoms with Gasteiger partial charge in [0.1, 0.15) is 0 Å². The highest BCUT2D eigenvalue weighted by Gasteiger charge is 2.06. The summed E-state index contributed by atoms with van der Waals surface area (Å²) in [6.07, 6.45) is 0.362. The molecule has 0 saturated carbocycles. The molecule has 1 aromatic carbocycles. The number of aliphatic hydroxyl groups excluding tert-OH is 1. The van der Waals surface area contributed by atoms with Crippen molar-refractivity contribution in [3.63, 3.8) is 0 Å². The van der Waals surface area contributed by atoms with E-state index in [4.69, 9.17) is 11.6 Å². The van der Waals surface area contributed by atoms with Gasteiger partial charge in [-0.1, -0.05) is 23.7 Å². The Balaban J connectivity index is 2.47. The van der Waals surface area contributed by atoms with E-state index in [1.165, 1.54) is 0 Å². The maximum atomic E-state index is 9.67. The van der Waals surface area contributed by atoms with Crippen molar-refractivity contribution in [1.82, 2.24) is 4.90 Å². The molecular weight excluding hydrogens is 198 g/mol. The van der Waals surface area contributed by atoms with Crippen LogP contribution in [0, 0.1) is 0 Å². The lowest BCUT2D eigenvalue weighted by Crippen LogP contribution is -2.27. The van der Waals surface area contributed by atoms with Crippen molar-refractivity contribution in [3.8, 4) is 0 Å². The van der Waals surface area contributed by atoms with E-state index in [1.807, 2.05) is 43.3 Å². The molecule has 1 rings (SSSR count). The summed E-state index contributed by atoms with van der Waals surface area (Å²) >= 11 is 5.76. The molecule has 0 amide bonds. The standard InChI is InChI=1S/C11H16ClNO/c1-13(2)8-11(14)7-9-3-5-10(12)6-4-9/h3-6,11,14H,7-8H2,1-2H3. The summed E-state index contributed by atoms with van der Waals surface area (Å²) in [7, 11) is 3.90. The lowest BCUT2D eigenvalue weighted by atomic mass is 10.1. The van der Waals surface area contributed by atoms with E-state index in [-0.39, 0.29) is 6.10 Å². The van der Waals surface area contributed by atoms with Gasteiger partial charge < -0.3 is 10.0 Å². The largest absolute Gasteiger partial charge is 0.391 e. The van der Waals surface area contributed by atoms with Gasteiger partial charge in [-0.25, -0.2) is 0 Å². The highest BCUT2D eigenvalue weighted by Crippen LogP contribution is 2.11. The molecule has 1 N–H and O–H groups in total. The van der Waals surface area contributed by atoms with Crippen LogP contribution >= 0.6 is 11.6 Å². The lowest BCUT2D eigenvalue weighted by Gasteiger charge is -2.15. The summed E-state index contributed by atoms with van der Waals surface area (Å²) in [5.74, 6) is 0. The molecule has 0 fully saturated rings. The molecule has 78 valence electrons. The number of aliphatic hydroxyl groups is 1. The van der Waals surface area contributed by atoms with Crippen LogP contribution in [0.25, 0.3) is 0 Å². The van der Waals surface area contributed by atoms with Crippen molar-refractivity contribution in [2.45, 2.75) is 12.5 Å². The fraction of sp³-hybridized carbons (Fsp3) is 0.455. The third-order valence-electron chi connectivity index (χ3n) is 1.96. The highest BCUT2D eigenvalue weighted by molar-refractivity contribution is 6.30. The molecular formula is C11H16ClNO. The average molecular weight is 214 g/mol. The van der Waals surface area contributed by atoms with Crippen LogP contribution in [0.4, 0.5) is 0 Å². The molecule has 0 bridgehead atoms. The third-order valence-corrected chi connectivity index (χ3v) is 2.21. The lowest BCUT2D eigenvalue weighted by molar-refractivity contribution is 0.137. The Morgan fingerprint density at radius 2 is 1.86 bits per heavy atom. The first kappa shape index (κ1) is 11.5. The second-order valence-corrected chi connectivity index (χ2v) is 4.18. The van der Waals surface area contributed by atoms with Crippen LogP contribution in [-0.4, -0.2) is 36.8 Å². The first-order valence-corrected chi connectivity index (χ1v) is 5.03. The normalized spacial score (nSPS) is 13.2. The van der Waals surface area contributed by atoms with Crippen LogP contribution in [0.2, 0.25) is 5.02 Å². The first-order valence-electron chi connectivity index (χ1n) is 4.65. The van der Waals surface area contributed by atoms with Gasteiger partial charge >= 0.3 is 0 Å². The maximum absolute atomic E-state index is 9.67. The van der Waals surface area contributed by atoms with E-state index in [2.05, 4.69) is 0 Å². The number of hydrogen-bond donors (Lipinski definition) is 1. The summed E-state index contributed by atoms with van der Waals surface area (Å²) in [4.78, 5) is 1.97. The summed E-state index contributed by atoms with van der Waals surface area (Å²) in [6.45, 7) is 0.683. The molecule has 0 saturated heterocycles. The molecule has 1 atom stereocenters. The van der Waals surface area contributed by atoms with Crippen LogP contribution in [-0.2, 0) is 6.42 Å². The SMILES string of the molecule is CN(C)CC(O)Cc1ccc(Cl)cc1. The van der Waals surface area contributed by atoms with Crippen molar-refractivity contribution in [3.05, 3.63) is 34.9 Å². The van der Waals surface area contributed by atoms with Crippen LogP contribution in [0.1, 0.15) is 5.56 Å². The zero-order chi connectivity index (χ0) is 10.6. The average Bonchev–Trinajstić information content (AvgIpc) is 2.07. The monoisotopic (exact) mass is 213 g/mol. The van der Waals surface area contributed by atoms with Crippen LogP contribution < -0.4 is 0 Å². The molecule has 14 heavy (non-hydrogen) atoms. The molecule has 0 aliphatic heterocycles. The fourth-order valence-corrected chi connectivity index (χ4v) is 1.50. The minimum Gasteiger partial charge on any atom is -0.391 e. The fourth-order valence-electron chi connectivity index (χ4n) is 1.38. The van der Waals surface area contributed by atoms with Crippen LogP contribution in [0.5, 0.6) is 0 Å². The van der Waals surface area contributed by atoms with Gasteiger partial charge in [-0.15, -0.1) is 0 Å². The topological polar surface area (TPSA) is 23.5 Å². The Bertz CT molecular complexity index is 271. The van der Waals surface area contributed by atoms with E-state index in [1.54, 1.807) is 0 Å². The van der Waals surface area contributed by atoms with E-state index in [0.29, 0.717) is 13.0 Å². The van der Waals surface area contributed by atoms with Gasteiger partial charge in [0.25, 0.3) is 0 Å². The zero-order valence-electron chi connectivity index (χ0n) is 8.57. The maximum Gasteiger partial charge on any atom is 0.0707 e. The third kappa shape index (κ3) is 4.09. The molecule has 0 spiro atoms. The number of benzene rings is 1. The van der Waals surface area contributed by atoms with E-state index in [0.717, 1.165) is 10.6 Å². The number of nitrogens with zero attached hydrogens (tertiary/aromatic N) is 1. The van der Waals surface area contributed by atoms with Crippen LogP contribution in [0.3, 0.4) is 0 Å². The molecule has 0 heterocycles. The van der Waals surface area contributed by atoms with E-state index < -0.39 is 0 Å². The second-order valence-electron chi connectivity index (χ2n) is 3.75. The van der Waals surface area contributed by atoms with Gasteiger partial charge in [0.2, 0.25) is 0 Å². The Kier molecular flexibility index (Phi) is 4.39. The molecule has 2 nitrogen and oxygen atoms in total. The second kappa shape index (κ2) is 5.35. The summed E-state index contributed by atoms with van der Waals surface area (Å²) in [5.41, 5.74) is 1.11. The van der Waals surface area contributed by atoms with Crippen molar-refractivity contribution in [2.75, 3.05) is 20.6 Å². The van der Waals surface area contributed by atoms with Crippen molar-refractivity contribution >= 4 is 11.6 Å². The van der Waals surface area contributed by atoms with Gasteiger partial charge in [0.15, 0.2) is 0 Å². The Labute approximate surface area is 90.1 Å². The van der Waals surface area contributed by atoms with Gasteiger partial charge in [0, 0.05) is 11.6 Å². The molecule has 0 aromatic heterocycles. The Morgan fingerprint density at radius 1 is 1.29 bits per heavy atom. The smallest absolute Gasteiger partial charge is 0.0707 e. The molecule has 0 radical (unpaired) electrons. The van der Waals surface area contributed by atoms with Gasteiger partial charge in [-0.2, -0.15) is 0 Å². The summed E-state index contributed by atoms with van der Waals surface area (Å²) < 4.78 is 0. The molecule has 1 aromatic rings. The number of halogens is 1. The predicted octanol–water partition coefficient (Wildman–Crippen LogP) is 1.80. The first-order chi connectivity index (χ1) is 6.58. The Morgan fingerprint density at radius 3 is 2.36 bits per heavy atom. The highest BCUT2D eigenvalue weighted by atomic mass is 35.5. The van der Waals surface area contributed by atoms with Crippen molar-refractivity contribution in [1.29, 1.82) is 0 Å². The number of rotatable bonds is 4. The molecule has 3 heteroatoms. The zero-order valence-corrected chi connectivity index (χ0v) is 9.33. The minimum absolute atomic E-state index is 0.314. The molecule has 0 aliphatic rings. The molecule has 0 aliphatic carbocycles. The predicted molar refractivity (Wildman–Crippen MR) is 59.7 cm³/mol. The van der Waals surface area contributed by atoms with Gasteiger partial charge in [-0.3, -0.25) is 0 Å². The number of likely N-dealkylation sites (N-methyl/N-ethyl adjacent to an activating group) is 1. The quantitative estimate of drug-likeness (QED) is 0.825. The summed E-state index contributed by atoms with van der Waals surface area (Å²) in [5, 5.41) is 10.4. The summed E-state index contributed by atoms with van der Waals surface area (Å²) in [6, 6.07) is 7.58. The van der Waals surface area contributed by atoms with Gasteiger partial charge in [-0.05, 0) is 38.2 Å². The number of hydrogen-bond acceptors (Lipinski definition) is 2. The minimum atomic E-state index is -0.314. The van der Waals surface area contributed by atoms with Crippen molar-refractivity contribution in [2.24, 2.45) is 0 Å². The van der Waals surface area contributed by atoms with Crippen molar-refractivity contribution < 1.29 is 5.11 Å². The van der Waals surface area contributed by atoms with E-state index in [9.17, 15) is 5.11 Å². The van der Waals surface area contributed by atoms with Crippen LogP contribution in [0.15, 0.2) is 24.3 Å². The van der Waals surface area contributed by atoms with E-state index >= 15 is 0 Å². The Hall–Kier alpha value is -0.570.